The molecular formula is C47H82FN3O12. The lowest BCUT2D eigenvalue weighted by Crippen LogP contribution is -2.70. The highest BCUT2D eigenvalue weighted by Gasteiger charge is 2.58. The molecule has 3 aliphatic rings. The summed E-state index contributed by atoms with van der Waals surface area (Å²) < 4.78 is 60.1. The number of aliphatic hydroxyl groups is 4. The molecule has 3 heterocycles. The van der Waals surface area contributed by atoms with Crippen LogP contribution < -0.4 is 20.7 Å². The van der Waals surface area contributed by atoms with Crippen LogP contribution in [-0.2, 0) is 33.2 Å². The number of hydrogen-bond acceptors (Lipinski definition) is 15. The first-order chi connectivity index (χ1) is 29.4. The number of methoxy groups -OCH3 is 1. The van der Waals surface area contributed by atoms with E-state index in [9.17, 15) is 29.6 Å². The molecule has 7 N–H and O–H groups in total. The van der Waals surface area contributed by atoms with Gasteiger partial charge in [0.25, 0.3) is 0 Å². The van der Waals surface area contributed by atoms with Gasteiger partial charge in [0.1, 0.15) is 40.6 Å². The van der Waals surface area contributed by atoms with Gasteiger partial charge in [-0.3, -0.25) is 4.79 Å². The lowest BCUT2D eigenvalue weighted by Gasteiger charge is -2.53. The van der Waals surface area contributed by atoms with Crippen molar-refractivity contribution in [3.63, 3.8) is 0 Å². The topological polar surface area (TPSA) is 199 Å². The predicted molar refractivity (Wildman–Crippen MR) is 237 cm³/mol. The third kappa shape index (κ3) is 12.3. The summed E-state index contributed by atoms with van der Waals surface area (Å²) in [7, 11) is 3.35. The molecule has 3 fully saturated rings. The smallest absolute Gasteiger partial charge is 0.311 e. The lowest BCUT2D eigenvalue weighted by molar-refractivity contribution is -0.335. The van der Waals surface area contributed by atoms with Crippen molar-refractivity contribution in [2.75, 3.05) is 33.8 Å². The van der Waals surface area contributed by atoms with Crippen LogP contribution in [0.15, 0.2) is 18.2 Å². The molecule has 1 aromatic carbocycles. The van der Waals surface area contributed by atoms with Crippen molar-refractivity contribution in [1.29, 1.82) is 0 Å². The van der Waals surface area contributed by atoms with Gasteiger partial charge in [0.05, 0.1) is 42.0 Å². The minimum absolute atomic E-state index is 0.0736. The summed E-state index contributed by atoms with van der Waals surface area (Å²) in [5.41, 5.74) is -5.49. The first kappa shape index (κ1) is 53.6. The number of benzene rings is 1. The molecule has 1 aromatic rings. The van der Waals surface area contributed by atoms with E-state index in [0.717, 1.165) is 6.42 Å². The van der Waals surface area contributed by atoms with Gasteiger partial charge in [-0.1, -0.05) is 27.7 Å². The van der Waals surface area contributed by atoms with E-state index in [4.69, 9.17) is 33.2 Å². The van der Waals surface area contributed by atoms with Gasteiger partial charge < -0.3 is 69.5 Å². The number of ether oxygens (including phenoxy) is 7. The molecule has 63 heavy (non-hydrogen) atoms. The van der Waals surface area contributed by atoms with Crippen molar-refractivity contribution >= 4 is 5.97 Å². The largest absolute Gasteiger partial charge is 0.483 e. The molecule has 0 spiro atoms. The van der Waals surface area contributed by atoms with Gasteiger partial charge in [-0.05, 0) is 131 Å². The van der Waals surface area contributed by atoms with E-state index in [1.165, 1.54) is 26.2 Å². The number of hydrogen-bond donors (Lipinski definition) is 7. The van der Waals surface area contributed by atoms with E-state index in [0.29, 0.717) is 30.8 Å². The molecule has 3 saturated heterocycles. The molecule has 0 unspecified atom stereocenters. The first-order valence-electron chi connectivity index (χ1n) is 23.2. The number of aryl methyl sites for hydroxylation is 1. The molecule has 0 radical (unpaired) electrons. The van der Waals surface area contributed by atoms with Gasteiger partial charge in [-0.2, -0.15) is 0 Å². The molecule has 364 valence electrons. The zero-order valence-corrected chi connectivity index (χ0v) is 40.4. The third-order valence-electron chi connectivity index (χ3n) is 14.1. The number of nitrogens with one attached hydrogen (secondary N) is 3. The first-order valence-corrected chi connectivity index (χ1v) is 23.2. The van der Waals surface area contributed by atoms with Gasteiger partial charge in [0.2, 0.25) is 0 Å². The van der Waals surface area contributed by atoms with Gasteiger partial charge >= 0.3 is 5.97 Å². The Morgan fingerprint density at radius 2 is 1.67 bits per heavy atom. The lowest BCUT2D eigenvalue weighted by atomic mass is 9.75. The van der Waals surface area contributed by atoms with Crippen molar-refractivity contribution < 1.29 is 62.8 Å². The van der Waals surface area contributed by atoms with Crippen LogP contribution in [0.4, 0.5) is 4.39 Å². The number of aliphatic hydroxyl groups excluding tert-OH is 1. The molecule has 0 saturated carbocycles. The fourth-order valence-electron chi connectivity index (χ4n) is 10.0. The Morgan fingerprint density at radius 3 is 2.27 bits per heavy atom. The molecule has 0 amide bonds. The van der Waals surface area contributed by atoms with Gasteiger partial charge in [0.15, 0.2) is 18.7 Å². The van der Waals surface area contributed by atoms with Crippen LogP contribution in [-0.4, -0.2) is 150 Å². The Morgan fingerprint density at radius 1 is 0.984 bits per heavy atom. The highest BCUT2D eigenvalue weighted by molar-refractivity contribution is 5.73. The number of carbonyl (C=O) groups is 1. The number of halogens is 1. The molecule has 4 rings (SSSR count). The maximum absolute atomic E-state index is 14.5. The molecule has 0 aliphatic carbocycles. The van der Waals surface area contributed by atoms with E-state index in [1.807, 2.05) is 41.7 Å². The molecule has 3 aliphatic heterocycles. The summed E-state index contributed by atoms with van der Waals surface area (Å²) in [6.07, 6.45) is -6.66. The Hall–Kier alpha value is -2.06. The number of cyclic esters (lactones) is 1. The number of rotatable bonds is 13. The van der Waals surface area contributed by atoms with Gasteiger partial charge in [-0.15, -0.1) is 0 Å². The normalized spacial score (nSPS) is 43.7. The molecule has 16 heteroatoms. The summed E-state index contributed by atoms with van der Waals surface area (Å²) in [6, 6.07) is 3.39. The van der Waals surface area contributed by atoms with Gasteiger partial charge in [0, 0.05) is 32.0 Å². The van der Waals surface area contributed by atoms with Crippen LogP contribution in [0, 0.1) is 30.5 Å². The highest BCUT2D eigenvalue weighted by atomic mass is 19.1. The van der Waals surface area contributed by atoms with Crippen LogP contribution in [0.1, 0.15) is 114 Å². The minimum atomic E-state index is -1.84. The Balaban J connectivity index is 1.85. The zero-order valence-electron chi connectivity index (χ0n) is 40.4. The van der Waals surface area contributed by atoms with Crippen LogP contribution in [0.25, 0.3) is 0 Å². The minimum Gasteiger partial charge on any atom is -0.483 e. The quantitative estimate of drug-likeness (QED) is 0.110. The Kier molecular flexibility index (Phi) is 18.8. The molecule has 0 bridgehead atoms. The maximum atomic E-state index is 14.5. The highest BCUT2D eigenvalue weighted by Crippen LogP contribution is 2.43. The van der Waals surface area contributed by atoms with E-state index < -0.39 is 101 Å². The van der Waals surface area contributed by atoms with E-state index in [-0.39, 0.29) is 43.9 Å². The van der Waals surface area contributed by atoms with E-state index in [2.05, 4.69) is 16.0 Å². The van der Waals surface area contributed by atoms with Crippen LogP contribution >= 0.6 is 0 Å². The summed E-state index contributed by atoms with van der Waals surface area (Å²) in [5, 5.41) is 58.2. The van der Waals surface area contributed by atoms with Gasteiger partial charge in [-0.25, -0.2) is 4.39 Å². The fourth-order valence-corrected chi connectivity index (χ4v) is 10.0. The van der Waals surface area contributed by atoms with Crippen molar-refractivity contribution in [2.24, 2.45) is 17.8 Å². The SMILES string of the molecule is CCCNC[C@]1(O)[C@H](C)O[C@@H](O[C@H]2[C@H](C)[C@@H](O[C@@H]3O[C@H](C)C[C@H](NC)[C@H]3Oc3ccc(F)cc3C)[C@](C)(O)C[C@@H](C)CN[C@H](C)[C@@H](O)[C@](C)(O)[C@@H](CC)OC(=O)[C@@H]2C)C[C@@]1(C)OC. The van der Waals surface area contributed by atoms with Crippen molar-refractivity contribution in [3.05, 3.63) is 29.6 Å². The standard InChI is InChI=1S/C47H82FN3O12/c1-15-19-50-25-47(56)32(9)59-37(23-45(47,11)57-14)62-38-29(6)41(63-43-39(34(49-13)21-28(5)58-43)60-35-18-17-33(48)20-27(35)4)44(10,54)22-26(3)24-51-31(8)40(52)46(12,55)36(16-2)61-42(53)30(38)7/h17-18,20,26,28-32,34,36-41,43,49-52,54-56H,15-16,19,21-25H2,1-14H3/t26-,28-,29+,30-,31-,32+,34+,36-,37+,38+,39-,40-,41-,43+,44-,45-,46-,47+/m1/s1. The number of esters is 1. The summed E-state index contributed by atoms with van der Waals surface area (Å²) in [5.74, 6) is -2.73. The average molecular weight is 900 g/mol. The third-order valence-corrected chi connectivity index (χ3v) is 14.1. The number of likely N-dealkylation sites (N-methyl/N-ethyl adjacent to an activating group) is 1. The van der Waals surface area contributed by atoms with Crippen LogP contribution in [0.2, 0.25) is 0 Å². The molecule has 15 nitrogen and oxygen atoms in total. The molecular weight excluding hydrogens is 818 g/mol. The average Bonchev–Trinajstić information content (AvgIpc) is 3.22. The summed E-state index contributed by atoms with van der Waals surface area (Å²) in [6.45, 7) is 22.6. The summed E-state index contributed by atoms with van der Waals surface area (Å²) >= 11 is 0. The van der Waals surface area contributed by atoms with Crippen LogP contribution in [0.3, 0.4) is 0 Å². The molecule has 18 atom stereocenters. The fraction of sp³-hybridized carbons (Fsp3) is 0.851. The van der Waals surface area contributed by atoms with Crippen LogP contribution in [0.5, 0.6) is 5.75 Å². The zero-order chi connectivity index (χ0) is 47.2. The molecule has 0 aromatic heterocycles. The van der Waals surface area contributed by atoms with Crippen molar-refractivity contribution in [3.8, 4) is 5.75 Å². The van der Waals surface area contributed by atoms with E-state index in [1.54, 1.807) is 47.6 Å². The van der Waals surface area contributed by atoms with Crippen molar-refractivity contribution in [1.82, 2.24) is 16.0 Å². The summed E-state index contributed by atoms with van der Waals surface area (Å²) in [4.78, 5) is 14.5. The second-order valence-electron chi connectivity index (χ2n) is 19.6. The Labute approximate surface area is 375 Å². The predicted octanol–water partition coefficient (Wildman–Crippen LogP) is 4.12. The number of carbonyl (C=O) groups excluding carboxylic acids is 1. The van der Waals surface area contributed by atoms with E-state index >= 15 is 0 Å². The maximum Gasteiger partial charge on any atom is 0.311 e. The monoisotopic (exact) mass is 900 g/mol. The second kappa shape index (κ2) is 22.2. The second-order valence-corrected chi connectivity index (χ2v) is 19.6. The van der Waals surface area contributed by atoms with Crippen molar-refractivity contribution in [2.45, 2.75) is 205 Å². The Bertz CT molecular complexity index is 1610.